The molecule has 0 spiro atoms. The summed E-state index contributed by atoms with van der Waals surface area (Å²) in [6.45, 7) is 0.537. The molecule has 0 aliphatic heterocycles. The first-order chi connectivity index (χ1) is 8.31. The van der Waals surface area contributed by atoms with E-state index in [0.717, 1.165) is 5.56 Å². The molecule has 2 amide bonds. The molecule has 2 rings (SSSR count). The largest absolute Gasteiger partial charge is 0.340 e. The SMILES string of the molecule is CNC(=O)N(Cc1ccccc1)n1cccc1. The maximum Gasteiger partial charge on any atom is 0.336 e. The summed E-state index contributed by atoms with van der Waals surface area (Å²) in [5.74, 6) is 0. The van der Waals surface area contributed by atoms with Crippen molar-refractivity contribution in [1.29, 1.82) is 0 Å². The van der Waals surface area contributed by atoms with Crippen LogP contribution in [-0.4, -0.2) is 17.8 Å². The second-order valence-corrected chi connectivity index (χ2v) is 3.66. The second kappa shape index (κ2) is 5.21. The first-order valence-electron chi connectivity index (χ1n) is 5.47. The molecule has 4 nitrogen and oxygen atoms in total. The van der Waals surface area contributed by atoms with E-state index >= 15 is 0 Å². The highest BCUT2D eigenvalue weighted by Gasteiger charge is 2.12. The topological polar surface area (TPSA) is 37.3 Å². The summed E-state index contributed by atoms with van der Waals surface area (Å²) in [5.41, 5.74) is 1.09. The molecule has 0 saturated carbocycles. The summed E-state index contributed by atoms with van der Waals surface area (Å²) in [4.78, 5) is 11.8. The molecule has 1 N–H and O–H groups in total. The summed E-state index contributed by atoms with van der Waals surface area (Å²) in [7, 11) is 1.63. The fourth-order valence-corrected chi connectivity index (χ4v) is 1.63. The Morgan fingerprint density at radius 3 is 2.41 bits per heavy atom. The van der Waals surface area contributed by atoms with E-state index in [0.29, 0.717) is 6.54 Å². The Balaban J connectivity index is 2.20. The molecule has 2 aromatic rings. The molecule has 0 unspecified atom stereocenters. The quantitative estimate of drug-likeness (QED) is 0.858. The smallest absolute Gasteiger partial charge is 0.336 e. The number of amides is 2. The molecule has 1 heterocycles. The Morgan fingerprint density at radius 1 is 1.18 bits per heavy atom. The maximum absolute atomic E-state index is 11.8. The minimum Gasteiger partial charge on any atom is -0.340 e. The highest BCUT2D eigenvalue weighted by Crippen LogP contribution is 2.04. The van der Waals surface area contributed by atoms with Gasteiger partial charge in [-0.15, -0.1) is 0 Å². The number of nitrogens with zero attached hydrogens (tertiary/aromatic N) is 2. The minimum atomic E-state index is -0.134. The summed E-state index contributed by atoms with van der Waals surface area (Å²) >= 11 is 0. The summed E-state index contributed by atoms with van der Waals surface area (Å²) in [6.07, 6.45) is 3.69. The van der Waals surface area contributed by atoms with E-state index in [1.165, 1.54) is 0 Å². The zero-order valence-corrected chi connectivity index (χ0v) is 9.71. The average Bonchev–Trinajstić information content (AvgIpc) is 2.90. The van der Waals surface area contributed by atoms with Crippen molar-refractivity contribution in [3.63, 3.8) is 0 Å². The van der Waals surface area contributed by atoms with E-state index in [9.17, 15) is 4.79 Å². The van der Waals surface area contributed by atoms with Crippen molar-refractivity contribution in [1.82, 2.24) is 9.99 Å². The number of hydrogen-bond donors (Lipinski definition) is 1. The van der Waals surface area contributed by atoms with Gasteiger partial charge in [-0.25, -0.2) is 9.80 Å². The highest BCUT2D eigenvalue weighted by molar-refractivity contribution is 5.83. The first kappa shape index (κ1) is 11.3. The second-order valence-electron chi connectivity index (χ2n) is 3.66. The number of carbonyl (C=O) groups is 1. The van der Waals surface area contributed by atoms with Gasteiger partial charge in [-0.3, -0.25) is 4.68 Å². The molecule has 0 saturated heterocycles. The average molecular weight is 229 g/mol. The Bertz CT molecular complexity index is 465. The van der Waals surface area contributed by atoms with E-state index in [2.05, 4.69) is 5.32 Å². The van der Waals surface area contributed by atoms with Crippen LogP contribution < -0.4 is 10.3 Å². The van der Waals surface area contributed by atoms with Crippen LogP contribution in [0.1, 0.15) is 5.56 Å². The lowest BCUT2D eigenvalue weighted by atomic mass is 10.2. The summed E-state index contributed by atoms with van der Waals surface area (Å²) in [6, 6.07) is 13.5. The van der Waals surface area contributed by atoms with E-state index < -0.39 is 0 Å². The molecule has 0 fully saturated rings. The maximum atomic E-state index is 11.8. The number of aromatic nitrogens is 1. The van der Waals surface area contributed by atoms with Crippen molar-refractivity contribution in [2.45, 2.75) is 6.54 Å². The van der Waals surface area contributed by atoms with Gasteiger partial charge in [0, 0.05) is 19.4 Å². The van der Waals surface area contributed by atoms with Crippen molar-refractivity contribution in [3.8, 4) is 0 Å². The predicted octanol–water partition coefficient (Wildman–Crippen LogP) is 1.97. The van der Waals surface area contributed by atoms with E-state index in [4.69, 9.17) is 0 Å². The summed E-state index contributed by atoms with van der Waals surface area (Å²) < 4.78 is 1.77. The van der Waals surface area contributed by atoms with Crippen LogP contribution in [0, 0.1) is 0 Å². The molecule has 0 aliphatic rings. The Hall–Kier alpha value is -2.23. The fourth-order valence-electron chi connectivity index (χ4n) is 1.63. The molecule has 4 heteroatoms. The van der Waals surface area contributed by atoms with Gasteiger partial charge >= 0.3 is 6.03 Å². The Morgan fingerprint density at radius 2 is 1.82 bits per heavy atom. The van der Waals surface area contributed by atoms with E-state index in [1.54, 1.807) is 16.7 Å². The molecule has 0 atom stereocenters. The molecule has 1 aromatic heterocycles. The van der Waals surface area contributed by atoms with Gasteiger partial charge < -0.3 is 5.32 Å². The molecule has 0 radical (unpaired) electrons. The molecule has 88 valence electrons. The van der Waals surface area contributed by atoms with Gasteiger partial charge in [-0.1, -0.05) is 30.3 Å². The number of benzene rings is 1. The molecule has 0 bridgehead atoms. The van der Waals surface area contributed by atoms with Crippen LogP contribution in [0.2, 0.25) is 0 Å². The van der Waals surface area contributed by atoms with Crippen LogP contribution in [0.25, 0.3) is 0 Å². The molecule has 17 heavy (non-hydrogen) atoms. The number of hydrogen-bond acceptors (Lipinski definition) is 1. The van der Waals surface area contributed by atoms with Gasteiger partial charge in [0.05, 0.1) is 6.54 Å². The lowest BCUT2D eigenvalue weighted by molar-refractivity contribution is 0.242. The van der Waals surface area contributed by atoms with Crippen LogP contribution in [0.3, 0.4) is 0 Å². The van der Waals surface area contributed by atoms with Crippen molar-refractivity contribution < 1.29 is 4.79 Å². The third kappa shape index (κ3) is 2.66. The van der Waals surface area contributed by atoms with Crippen LogP contribution in [0.5, 0.6) is 0 Å². The van der Waals surface area contributed by atoms with Gasteiger partial charge in [0.25, 0.3) is 0 Å². The van der Waals surface area contributed by atoms with Crippen molar-refractivity contribution in [2.75, 3.05) is 12.1 Å². The number of urea groups is 1. The molecular formula is C13H15N3O. The van der Waals surface area contributed by atoms with E-state index in [-0.39, 0.29) is 6.03 Å². The lowest BCUT2D eigenvalue weighted by Crippen LogP contribution is -2.44. The number of rotatable bonds is 3. The molecule has 0 aliphatic carbocycles. The van der Waals surface area contributed by atoms with Crippen LogP contribution in [-0.2, 0) is 6.54 Å². The normalized spacial score (nSPS) is 9.94. The van der Waals surface area contributed by atoms with E-state index in [1.807, 2.05) is 54.9 Å². The highest BCUT2D eigenvalue weighted by atomic mass is 16.2. The fraction of sp³-hybridized carbons (Fsp3) is 0.154. The van der Waals surface area contributed by atoms with Gasteiger partial charge in [0.2, 0.25) is 0 Å². The lowest BCUT2D eigenvalue weighted by Gasteiger charge is -2.23. The Labute approximate surface area is 100 Å². The van der Waals surface area contributed by atoms with Crippen molar-refractivity contribution in [3.05, 3.63) is 60.4 Å². The zero-order valence-electron chi connectivity index (χ0n) is 9.71. The Kier molecular flexibility index (Phi) is 3.45. The van der Waals surface area contributed by atoms with Crippen LogP contribution in [0.15, 0.2) is 54.9 Å². The van der Waals surface area contributed by atoms with Crippen LogP contribution in [0.4, 0.5) is 4.79 Å². The van der Waals surface area contributed by atoms with Gasteiger partial charge in [0.1, 0.15) is 0 Å². The van der Waals surface area contributed by atoms with Gasteiger partial charge in [-0.05, 0) is 17.7 Å². The molecular weight excluding hydrogens is 214 g/mol. The van der Waals surface area contributed by atoms with Gasteiger partial charge in [-0.2, -0.15) is 0 Å². The zero-order chi connectivity index (χ0) is 12.1. The first-order valence-corrected chi connectivity index (χ1v) is 5.47. The van der Waals surface area contributed by atoms with Crippen molar-refractivity contribution in [2.24, 2.45) is 0 Å². The minimum absolute atomic E-state index is 0.134. The van der Waals surface area contributed by atoms with Crippen LogP contribution >= 0.6 is 0 Å². The van der Waals surface area contributed by atoms with Gasteiger partial charge in [0.15, 0.2) is 0 Å². The van der Waals surface area contributed by atoms with Crippen molar-refractivity contribution >= 4 is 6.03 Å². The third-order valence-electron chi connectivity index (χ3n) is 2.49. The standard InChI is InChI=1S/C13H15N3O/c1-14-13(17)16(15-9-5-6-10-15)11-12-7-3-2-4-8-12/h2-10H,11H2,1H3,(H,14,17). The molecule has 1 aromatic carbocycles. The third-order valence-corrected chi connectivity index (χ3v) is 2.49. The monoisotopic (exact) mass is 229 g/mol. The number of carbonyl (C=O) groups excluding carboxylic acids is 1. The number of nitrogens with one attached hydrogen (secondary N) is 1. The predicted molar refractivity (Wildman–Crippen MR) is 67.3 cm³/mol. The summed E-state index contributed by atoms with van der Waals surface area (Å²) in [5, 5.41) is 4.27.